The van der Waals surface area contributed by atoms with Gasteiger partial charge >= 0.3 is 0 Å². The third-order valence-corrected chi connectivity index (χ3v) is 4.49. The number of carbonyl (C=O) groups is 1. The standard InChI is InChI=1S/C20H18N8O4/c1-11-3-6-13(7-4-11)17-16(23-27-28(17)19-18(21)25-32-26-19)20(30)24-22-10-12-5-8-14(29)15(9-12)31-2/h3-10,29H,1-2H3,(H2,21,25)(H,24,30)/b22-10+. The van der Waals surface area contributed by atoms with Gasteiger partial charge in [0.05, 0.1) is 13.3 Å². The number of hydrogen-bond donors (Lipinski definition) is 3. The van der Waals surface area contributed by atoms with E-state index in [2.05, 4.69) is 35.8 Å². The fourth-order valence-electron chi connectivity index (χ4n) is 2.88. The summed E-state index contributed by atoms with van der Waals surface area (Å²) >= 11 is 0. The van der Waals surface area contributed by atoms with E-state index in [0.717, 1.165) is 5.56 Å². The van der Waals surface area contributed by atoms with Gasteiger partial charge in [-0.15, -0.1) is 5.10 Å². The third-order valence-electron chi connectivity index (χ3n) is 4.49. The molecule has 2 aromatic carbocycles. The average molecular weight is 434 g/mol. The van der Waals surface area contributed by atoms with E-state index < -0.39 is 5.91 Å². The SMILES string of the molecule is COc1cc(/C=N/NC(=O)c2nnn(-c3nonc3N)c2-c2ccc(C)cc2)ccc1O. The van der Waals surface area contributed by atoms with Crippen LogP contribution in [0.25, 0.3) is 17.1 Å². The zero-order chi connectivity index (χ0) is 22.7. The molecule has 0 aliphatic rings. The number of aromatic nitrogens is 5. The van der Waals surface area contributed by atoms with Crippen molar-refractivity contribution in [3.05, 3.63) is 59.3 Å². The van der Waals surface area contributed by atoms with E-state index in [1.807, 2.05) is 31.2 Å². The lowest BCUT2D eigenvalue weighted by Gasteiger charge is -2.06. The van der Waals surface area contributed by atoms with Gasteiger partial charge in [-0.25, -0.2) is 10.1 Å². The Morgan fingerprint density at radius 2 is 2.03 bits per heavy atom. The van der Waals surface area contributed by atoms with Crippen molar-refractivity contribution in [2.45, 2.75) is 6.92 Å². The van der Waals surface area contributed by atoms with Gasteiger partial charge in [-0.3, -0.25) is 4.79 Å². The molecule has 12 nitrogen and oxygen atoms in total. The van der Waals surface area contributed by atoms with Gasteiger partial charge in [-0.1, -0.05) is 35.0 Å². The smallest absolute Gasteiger partial charge is 0.294 e. The van der Waals surface area contributed by atoms with Crippen molar-refractivity contribution in [1.29, 1.82) is 0 Å². The van der Waals surface area contributed by atoms with E-state index in [1.54, 1.807) is 12.1 Å². The molecule has 32 heavy (non-hydrogen) atoms. The molecule has 0 saturated heterocycles. The number of nitrogen functional groups attached to an aromatic ring is 1. The highest BCUT2D eigenvalue weighted by molar-refractivity contribution is 5.98. The second-order valence-electron chi connectivity index (χ2n) is 6.67. The Kier molecular flexibility index (Phi) is 5.49. The maximum Gasteiger partial charge on any atom is 0.294 e. The lowest BCUT2D eigenvalue weighted by atomic mass is 10.1. The minimum Gasteiger partial charge on any atom is -0.504 e. The Balaban J connectivity index is 1.65. The van der Waals surface area contributed by atoms with Gasteiger partial charge in [0.25, 0.3) is 5.91 Å². The number of nitrogens with zero attached hydrogens (tertiary/aromatic N) is 6. The minimum atomic E-state index is -0.608. The van der Waals surface area contributed by atoms with E-state index in [9.17, 15) is 9.90 Å². The number of amides is 1. The number of anilines is 1. The van der Waals surface area contributed by atoms with Gasteiger partial charge in [-0.2, -0.15) is 9.78 Å². The molecule has 0 saturated carbocycles. The first-order valence-corrected chi connectivity index (χ1v) is 9.29. The molecule has 0 unspecified atom stereocenters. The minimum absolute atomic E-state index is 0.00307. The predicted molar refractivity (Wildman–Crippen MR) is 114 cm³/mol. The monoisotopic (exact) mass is 434 g/mol. The highest BCUT2D eigenvalue weighted by Crippen LogP contribution is 2.27. The molecule has 0 fully saturated rings. The molecule has 12 heteroatoms. The molecule has 2 heterocycles. The van der Waals surface area contributed by atoms with Crippen molar-refractivity contribution in [3.8, 4) is 28.6 Å². The zero-order valence-electron chi connectivity index (χ0n) is 17.1. The van der Waals surface area contributed by atoms with Crippen LogP contribution in [0.1, 0.15) is 21.6 Å². The van der Waals surface area contributed by atoms with Crippen LogP contribution in [-0.2, 0) is 0 Å². The lowest BCUT2D eigenvalue weighted by molar-refractivity contribution is 0.0950. The zero-order valence-corrected chi connectivity index (χ0v) is 17.1. The first-order chi connectivity index (χ1) is 15.5. The Morgan fingerprint density at radius 1 is 1.25 bits per heavy atom. The average Bonchev–Trinajstić information content (AvgIpc) is 3.41. The van der Waals surface area contributed by atoms with Crippen molar-refractivity contribution < 1.29 is 19.3 Å². The van der Waals surface area contributed by atoms with E-state index >= 15 is 0 Å². The van der Waals surface area contributed by atoms with E-state index in [-0.39, 0.29) is 28.8 Å². The third kappa shape index (κ3) is 3.96. The first-order valence-electron chi connectivity index (χ1n) is 9.29. The number of aromatic hydroxyl groups is 1. The van der Waals surface area contributed by atoms with E-state index in [1.165, 1.54) is 24.1 Å². The highest BCUT2D eigenvalue weighted by Gasteiger charge is 2.25. The van der Waals surface area contributed by atoms with Crippen molar-refractivity contribution in [1.82, 2.24) is 30.7 Å². The van der Waals surface area contributed by atoms with Crippen LogP contribution >= 0.6 is 0 Å². The normalized spacial score (nSPS) is 11.1. The number of phenolic OH excluding ortho intramolecular Hbond substituents is 1. The van der Waals surface area contributed by atoms with Crippen LogP contribution in [0.5, 0.6) is 11.5 Å². The lowest BCUT2D eigenvalue weighted by Crippen LogP contribution is -2.19. The van der Waals surface area contributed by atoms with Crippen LogP contribution in [0.4, 0.5) is 5.82 Å². The molecule has 0 atom stereocenters. The maximum absolute atomic E-state index is 12.8. The number of phenols is 1. The van der Waals surface area contributed by atoms with E-state index in [0.29, 0.717) is 16.8 Å². The molecule has 0 aliphatic heterocycles. The fourth-order valence-corrected chi connectivity index (χ4v) is 2.88. The number of nitrogens with two attached hydrogens (primary N) is 1. The van der Waals surface area contributed by atoms with Crippen LogP contribution in [0.15, 0.2) is 52.2 Å². The number of rotatable bonds is 6. The number of hydrazone groups is 1. The Morgan fingerprint density at radius 3 is 2.72 bits per heavy atom. The molecule has 4 N–H and O–H groups in total. The Labute approximate surface area is 181 Å². The molecule has 4 rings (SSSR count). The number of hydrogen-bond acceptors (Lipinski definition) is 10. The second-order valence-corrected chi connectivity index (χ2v) is 6.67. The number of nitrogens with one attached hydrogen (secondary N) is 1. The second kappa shape index (κ2) is 8.55. The number of aryl methyl sites for hydroxylation is 1. The summed E-state index contributed by atoms with van der Waals surface area (Å²) in [6, 6.07) is 12.0. The highest BCUT2D eigenvalue weighted by atomic mass is 16.6. The van der Waals surface area contributed by atoms with Crippen LogP contribution in [0, 0.1) is 6.92 Å². The quantitative estimate of drug-likeness (QED) is 0.302. The molecule has 1 amide bonds. The van der Waals surface area contributed by atoms with Gasteiger partial charge < -0.3 is 15.6 Å². The molecule has 0 spiro atoms. The summed E-state index contributed by atoms with van der Waals surface area (Å²) in [5, 5.41) is 28.9. The molecule has 0 aliphatic carbocycles. The van der Waals surface area contributed by atoms with Crippen molar-refractivity contribution >= 4 is 17.9 Å². The largest absolute Gasteiger partial charge is 0.504 e. The van der Waals surface area contributed by atoms with Gasteiger partial charge in [0.1, 0.15) is 5.69 Å². The molecule has 0 bridgehead atoms. The van der Waals surface area contributed by atoms with Crippen LogP contribution in [-0.4, -0.2) is 49.6 Å². The number of methoxy groups -OCH3 is 1. The van der Waals surface area contributed by atoms with Crippen LogP contribution in [0.2, 0.25) is 0 Å². The first kappa shape index (κ1) is 20.5. The summed E-state index contributed by atoms with van der Waals surface area (Å²) in [6.07, 6.45) is 1.40. The van der Waals surface area contributed by atoms with Crippen molar-refractivity contribution in [3.63, 3.8) is 0 Å². The fraction of sp³-hybridized carbons (Fsp3) is 0.100. The molecular weight excluding hydrogens is 416 g/mol. The number of ether oxygens (including phenoxy) is 1. The summed E-state index contributed by atoms with van der Waals surface area (Å²) in [7, 11) is 1.44. The van der Waals surface area contributed by atoms with Gasteiger partial charge in [0, 0.05) is 5.56 Å². The maximum atomic E-state index is 12.8. The summed E-state index contributed by atoms with van der Waals surface area (Å²) < 4.78 is 11.0. The summed E-state index contributed by atoms with van der Waals surface area (Å²) in [6.45, 7) is 1.94. The summed E-state index contributed by atoms with van der Waals surface area (Å²) in [5.74, 6) is -0.233. The van der Waals surface area contributed by atoms with Gasteiger partial charge in [0.2, 0.25) is 11.6 Å². The van der Waals surface area contributed by atoms with Crippen molar-refractivity contribution in [2.75, 3.05) is 12.8 Å². The Bertz CT molecular complexity index is 1290. The Hall–Kier alpha value is -4.74. The topological polar surface area (TPSA) is 167 Å². The predicted octanol–water partition coefficient (Wildman–Crippen LogP) is 1.69. The number of carbonyl (C=O) groups excluding carboxylic acids is 1. The van der Waals surface area contributed by atoms with Gasteiger partial charge in [0.15, 0.2) is 17.2 Å². The van der Waals surface area contributed by atoms with Crippen molar-refractivity contribution in [2.24, 2.45) is 5.10 Å². The van der Waals surface area contributed by atoms with Crippen LogP contribution in [0.3, 0.4) is 0 Å². The van der Waals surface area contributed by atoms with Crippen LogP contribution < -0.4 is 15.9 Å². The summed E-state index contributed by atoms with van der Waals surface area (Å²) in [5.41, 5.74) is 10.8. The molecule has 4 aromatic rings. The molecular formula is C20H18N8O4. The number of benzene rings is 2. The molecule has 2 aromatic heterocycles. The molecule has 0 radical (unpaired) electrons. The molecule has 162 valence electrons. The van der Waals surface area contributed by atoms with Gasteiger partial charge in [-0.05, 0) is 41.0 Å². The summed E-state index contributed by atoms with van der Waals surface area (Å²) in [4.78, 5) is 12.8. The van der Waals surface area contributed by atoms with E-state index in [4.69, 9.17) is 10.5 Å².